The molecule has 1 saturated heterocycles. The van der Waals surface area contributed by atoms with Crippen molar-refractivity contribution in [2.45, 2.75) is 19.3 Å². The molecular weight excluding hydrogens is 322 g/mol. The van der Waals surface area contributed by atoms with Gasteiger partial charge in [0.1, 0.15) is 5.69 Å². The average Bonchev–Trinajstić information content (AvgIpc) is 2.96. The summed E-state index contributed by atoms with van der Waals surface area (Å²) >= 11 is 5.35. The molecule has 1 fully saturated rings. The van der Waals surface area contributed by atoms with E-state index < -0.39 is 0 Å². The third-order valence-corrected chi connectivity index (χ3v) is 4.27. The minimum atomic E-state index is -0.000267. The molecule has 0 saturated carbocycles. The van der Waals surface area contributed by atoms with Crippen molar-refractivity contribution in [1.29, 1.82) is 0 Å². The second-order valence-corrected chi connectivity index (χ2v) is 6.24. The van der Waals surface area contributed by atoms with E-state index in [0.29, 0.717) is 16.5 Å². The Labute approximate surface area is 146 Å². The molecule has 0 atom stereocenters. The largest absolute Gasteiger partial charge is 0.337 e. The first kappa shape index (κ1) is 16.4. The Morgan fingerprint density at radius 2 is 1.83 bits per heavy atom. The van der Waals surface area contributed by atoms with Crippen molar-refractivity contribution in [3.05, 3.63) is 42.2 Å². The average molecular weight is 343 g/mol. The van der Waals surface area contributed by atoms with Crippen molar-refractivity contribution in [1.82, 2.24) is 14.7 Å². The van der Waals surface area contributed by atoms with E-state index in [1.54, 1.807) is 17.9 Å². The highest BCUT2D eigenvalue weighted by Gasteiger charge is 2.24. The van der Waals surface area contributed by atoms with Crippen LogP contribution < -0.4 is 10.6 Å². The van der Waals surface area contributed by atoms with Crippen molar-refractivity contribution < 1.29 is 4.79 Å². The molecular formula is C17H21N5OS. The lowest BCUT2D eigenvalue weighted by molar-refractivity contribution is 0.0714. The second-order valence-electron chi connectivity index (χ2n) is 5.83. The van der Waals surface area contributed by atoms with Crippen LogP contribution in [-0.2, 0) is 7.05 Å². The van der Waals surface area contributed by atoms with Gasteiger partial charge >= 0.3 is 0 Å². The van der Waals surface area contributed by atoms with Crippen molar-refractivity contribution >= 4 is 34.6 Å². The van der Waals surface area contributed by atoms with Crippen molar-refractivity contribution in [3.63, 3.8) is 0 Å². The number of para-hydroxylation sites is 1. The minimum Gasteiger partial charge on any atom is -0.337 e. The quantitative estimate of drug-likeness (QED) is 0.839. The molecule has 126 valence electrons. The highest BCUT2D eigenvalue weighted by atomic mass is 32.1. The number of piperidine rings is 1. The van der Waals surface area contributed by atoms with E-state index in [0.717, 1.165) is 31.6 Å². The zero-order valence-electron chi connectivity index (χ0n) is 13.7. The molecule has 2 heterocycles. The molecule has 1 amide bonds. The monoisotopic (exact) mass is 343 g/mol. The smallest absolute Gasteiger partial charge is 0.274 e. The maximum atomic E-state index is 12.8. The Morgan fingerprint density at radius 1 is 1.12 bits per heavy atom. The normalized spacial score (nSPS) is 14.3. The molecule has 1 aromatic heterocycles. The lowest BCUT2D eigenvalue weighted by atomic mass is 10.1. The maximum absolute atomic E-state index is 12.8. The fraction of sp³-hybridized carbons (Fsp3) is 0.353. The first-order valence-electron chi connectivity index (χ1n) is 8.09. The number of rotatable bonds is 3. The number of nitrogens with zero attached hydrogens (tertiary/aromatic N) is 3. The van der Waals surface area contributed by atoms with Crippen LogP contribution in [0.1, 0.15) is 29.8 Å². The Kier molecular flexibility index (Phi) is 5.10. The summed E-state index contributed by atoms with van der Waals surface area (Å²) in [5.74, 6) is -0.000267. The van der Waals surface area contributed by atoms with Crippen LogP contribution in [0.2, 0.25) is 0 Å². The van der Waals surface area contributed by atoms with E-state index in [2.05, 4.69) is 15.7 Å². The van der Waals surface area contributed by atoms with Gasteiger partial charge < -0.3 is 15.5 Å². The van der Waals surface area contributed by atoms with Crippen LogP contribution >= 0.6 is 12.2 Å². The number of hydrogen-bond donors (Lipinski definition) is 2. The number of likely N-dealkylation sites (tertiary alicyclic amines) is 1. The molecule has 6 nitrogen and oxygen atoms in total. The summed E-state index contributed by atoms with van der Waals surface area (Å²) in [6.45, 7) is 1.60. The van der Waals surface area contributed by atoms with Crippen LogP contribution in [0.15, 0.2) is 36.5 Å². The molecule has 0 unspecified atom stereocenters. The standard InChI is InChI=1S/C17H21N5OS/c1-21-15(16(23)22-10-6-3-7-11-22)14(12-18-21)20-17(24)19-13-8-4-2-5-9-13/h2,4-5,8-9,12H,3,6-7,10-11H2,1H3,(H2,19,20,24). The molecule has 1 aliphatic heterocycles. The summed E-state index contributed by atoms with van der Waals surface area (Å²) in [4.78, 5) is 14.7. The molecule has 2 N–H and O–H groups in total. The zero-order chi connectivity index (χ0) is 16.9. The Morgan fingerprint density at radius 3 is 2.54 bits per heavy atom. The van der Waals surface area contributed by atoms with E-state index in [9.17, 15) is 4.79 Å². The van der Waals surface area contributed by atoms with Crippen molar-refractivity contribution in [3.8, 4) is 0 Å². The van der Waals surface area contributed by atoms with Gasteiger partial charge in [-0.1, -0.05) is 18.2 Å². The summed E-state index contributed by atoms with van der Waals surface area (Å²) in [5, 5.41) is 10.8. The Balaban J connectivity index is 1.72. The van der Waals surface area contributed by atoms with Gasteiger partial charge in [0.2, 0.25) is 0 Å². The third-order valence-electron chi connectivity index (χ3n) is 4.06. The molecule has 0 bridgehead atoms. The first-order chi connectivity index (χ1) is 11.6. The third kappa shape index (κ3) is 3.73. The summed E-state index contributed by atoms with van der Waals surface area (Å²) in [7, 11) is 1.77. The summed E-state index contributed by atoms with van der Waals surface area (Å²) in [6.07, 6.45) is 4.93. The number of aromatic nitrogens is 2. The number of anilines is 2. The Hall–Kier alpha value is -2.41. The summed E-state index contributed by atoms with van der Waals surface area (Å²) in [5.41, 5.74) is 2.05. The Bertz CT molecular complexity index is 722. The number of hydrogen-bond acceptors (Lipinski definition) is 3. The van der Waals surface area contributed by atoms with Crippen LogP contribution in [0.5, 0.6) is 0 Å². The molecule has 24 heavy (non-hydrogen) atoms. The van der Waals surface area contributed by atoms with Gasteiger partial charge in [-0.2, -0.15) is 5.10 Å². The van der Waals surface area contributed by atoms with Gasteiger partial charge in [0.05, 0.1) is 11.9 Å². The zero-order valence-corrected chi connectivity index (χ0v) is 14.5. The number of carbonyl (C=O) groups is 1. The second kappa shape index (κ2) is 7.44. The molecule has 0 aliphatic carbocycles. The van der Waals surface area contributed by atoms with E-state index >= 15 is 0 Å². The highest BCUT2D eigenvalue weighted by molar-refractivity contribution is 7.80. The highest BCUT2D eigenvalue weighted by Crippen LogP contribution is 2.20. The van der Waals surface area contributed by atoms with Crippen LogP contribution in [0.3, 0.4) is 0 Å². The van der Waals surface area contributed by atoms with Gasteiger partial charge in [-0.25, -0.2) is 0 Å². The fourth-order valence-electron chi connectivity index (χ4n) is 2.84. The van der Waals surface area contributed by atoms with E-state index in [1.165, 1.54) is 6.42 Å². The molecule has 7 heteroatoms. The summed E-state index contributed by atoms with van der Waals surface area (Å²) in [6, 6.07) is 9.66. The lowest BCUT2D eigenvalue weighted by Crippen LogP contribution is -2.37. The van der Waals surface area contributed by atoms with Gasteiger partial charge in [-0.05, 0) is 43.6 Å². The number of nitrogens with one attached hydrogen (secondary N) is 2. The predicted molar refractivity (Wildman–Crippen MR) is 99.2 cm³/mol. The van der Waals surface area contributed by atoms with Gasteiger partial charge in [0, 0.05) is 25.8 Å². The molecule has 2 aromatic rings. The van der Waals surface area contributed by atoms with Crippen LogP contribution in [0.4, 0.5) is 11.4 Å². The number of carbonyl (C=O) groups excluding carboxylic acids is 1. The van der Waals surface area contributed by atoms with Gasteiger partial charge in [0.15, 0.2) is 5.11 Å². The number of benzene rings is 1. The molecule has 1 aliphatic rings. The van der Waals surface area contributed by atoms with Crippen LogP contribution in [0.25, 0.3) is 0 Å². The first-order valence-corrected chi connectivity index (χ1v) is 8.50. The van der Waals surface area contributed by atoms with Gasteiger partial charge in [-0.3, -0.25) is 9.48 Å². The SMILES string of the molecule is Cn1ncc(NC(=S)Nc2ccccc2)c1C(=O)N1CCCCC1. The fourth-order valence-corrected chi connectivity index (χ4v) is 3.06. The number of amides is 1. The molecule has 1 aromatic carbocycles. The van der Waals surface area contributed by atoms with E-state index in [1.807, 2.05) is 35.2 Å². The van der Waals surface area contributed by atoms with Crippen molar-refractivity contribution in [2.24, 2.45) is 7.05 Å². The van der Waals surface area contributed by atoms with Crippen LogP contribution in [-0.4, -0.2) is 38.8 Å². The lowest BCUT2D eigenvalue weighted by Gasteiger charge is -2.27. The predicted octanol–water partition coefficient (Wildman–Crippen LogP) is 2.86. The van der Waals surface area contributed by atoms with Crippen LogP contribution in [0, 0.1) is 0 Å². The molecule has 0 spiro atoms. The number of thiocarbonyl (C=S) groups is 1. The summed E-state index contributed by atoms with van der Waals surface area (Å²) < 4.78 is 1.60. The number of aryl methyl sites for hydroxylation is 1. The van der Waals surface area contributed by atoms with Gasteiger partial charge in [0.25, 0.3) is 5.91 Å². The topological polar surface area (TPSA) is 62.2 Å². The van der Waals surface area contributed by atoms with Gasteiger partial charge in [-0.15, -0.1) is 0 Å². The van der Waals surface area contributed by atoms with E-state index in [-0.39, 0.29) is 5.91 Å². The van der Waals surface area contributed by atoms with Crippen molar-refractivity contribution in [2.75, 3.05) is 23.7 Å². The maximum Gasteiger partial charge on any atom is 0.274 e. The minimum absolute atomic E-state index is 0.000267. The molecule has 0 radical (unpaired) electrons. The molecule has 3 rings (SSSR count). The van der Waals surface area contributed by atoms with E-state index in [4.69, 9.17) is 12.2 Å².